The average Bonchev–Trinajstić information content (AvgIpc) is 2.46. The van der Waals surface area contributed by atoms with E-state index in [0.29, 0.717) is 0 Å². The Morgan fingerprint density at radius 3 is 2.18 bits per heavy atom. The summed E-state index contributed by atoms with van der Waals surface area (Å²) < 4.78 is 39.9. The molecule has 1 aromatic carbocycles. The quantitative estimate of drug-likeness (QED) is 0.667. The Morgan fingerprint density at radius 1 is 0.955 bits per heavy atom. The van der Waals surface area contributed by atoms with E-state index in [1.54, 1.807) is 0 Å². The van der Waals surface area contributed by atoms with Crippen molar-refractivity contribution in [2.24, 2.45) is 0 Å². The van der Waals surface area contributed by atoms with Crippen LogP contribution in [0.25, 0.3) is 11.3 Å². The summed E-state index contributed by atoms with van der Waals surface area (Å²) in [5, 5.41) is 0. The lowest BCUT2D eigenvalue weighted by Crippen LogP contribution is -2.68. The van der Waals surface area contributed by atoms with Gasteiger partial charge in [0.25, 0.3) is 0 Å². The van der Waals surface area contributed by atoms with Gasteiger partial charge >= 0.3 is 11.5 Å². The van der Waals surface area contributed by atoms with Crippen molar-refractivity contribution >= 4 is 0 Å². The van der Waals surface area contributed by atoms with Crippen LogP contribution in [0.2, 0.25) is 0 Å². The van der Waals surface area contributed by atoms with E-state index < -0.39 is 10.2 Å². The van der Waals surface area contributed by atoms with Crippen molar-refractivity contribution in [2.45, 2.75) is 32.6 Å². The van der Waals surface area contributed by atoms with E-state index in [4.69, 9.17) is 23.1 Å². The van der Waals surface area contributed by atoms with Gasteiger partial charge in [-0.3, -0.25) is 0 Å². The van der Waals surface area contributed by atoms with Crippen molar-refractivity contribution in [3.05, 3.63) is 53.3 Å². The monoisotopic (exact) mass is 324 g/mol. The summed E-state index contributed by atoms with van der Waals surface area (Å²) >= 11 is 0. The van der Waals surface area contributed by atoms with Crippen LogP contribution in [-0.4, -0.2) is 0 Å². The van der Waals surface area contributed by atoms with Crippen LogP contribution in [-0.2, 0) is 12.8 Å². The highest BCUT2D eigenvalue weighted by molar-refractivity contribution is 5.58. The molecule has 0 saturated carbocycles. The van der Waals surface area contributed by atoms with Gasteiger partial charge in [-0.2, -0.15) is 0 Å². The third-order valence-corrected chi connectivity index (χ3v) is 3.56. The van der Waals surface area contributed by atoms with Crippen LogP contribution in [0.5, 0.6) is 0 Å². The fraction of sp³-hybridized carbons (Fsp3) is 0.312. The number of hydrogen-bond acceptors (Lipinski definition) is 4. The summed E-state index contributed by atoms with van der Waals surface area (Å²) in [4.78, 5) is 0. The first-order chi connectivity index (χ1) is 10.3. The fourth-order valence-corrected chi connectivity index (χ4v) is 2.65. The molecule has 0 bridgehead atoms. The molecule has 1 aliphatic carbocycles. The molecule has 3 rings (SSSR count). The minimum atomic E-state index is -4.94. The highest BCUT2D eigenvalue weighted by atomic mass is 35.7. The molecule has 0 saturated heterocycles. The second-order valence-electron chi connectivity index (χ2n) is 5.12. The molecule has 5 nitrogen and oxygen atoms in total. The van der Waals surface area contributed by atoms with Gasteiger partial charge in [0.05, 0.1) is 18.1 Å². The highest BCUT2D eigenvalue weighted by Crippen LogP contribution is 2.30. The first-order valence-corrected chi connectivity index (χ1v) is 8.21. The Hall–Kier alpha value is -1.50. The van der Waals surface area contributed by atoms with E-state index in [2.05, 4.69) is 37.3 Å². The largest absolute Gasteiger partial charge is 0.360 e. The minimum Gasteiger partial charge on any atom is -0.222 e. The number of fused-ring (bicyclic) bond motifs is 1. The Labute approximate surface area is 131 Å². The molecule has 118 valence electrons. The average molecular weight is 325 g/mol. The number of halogens is 1. The van der Waals surface area contributed by atoms with Crippen LogP contribution < -0.4 is 18.6 Å². The SMILES string of the molecule is Cc1[o+]c(-c2ccccc2)cc2c1CCCC2.[O-][Cl+3]([O-])([O-])[O-]. The zero-order valence-corrected chi connectivity index (χ0v) is 13.0. The Morgan fingerprint density at radius 2 is 1.55 bits per heavy atom. The van der Waals surface area contributed by atoms with Crippen molar-refractivity contribution in [3.8, 4) is 11.3 Å². The normalized spacial score (nSPS) is 13.9. The second kappa shape index (κ2) is 7.17. The molecule has 2 aromatic rings. The van der Waals surface area contributed by atoms with Crippen LogP contribution in [0.3, 0.4) is 0 Å². The molecule has 0 amide bonds. The first kappa shape index (κ1) is 16.9. The first-order valence-electron chi connectivity index (χ1n) is 6.97. The van der Waals surface area contributed by atoms with Gasteiger partial charge in [0.2, 0.25) is 0 Å². The summed E-state index contributed by atoms with van der Waals surface area (Å²) in [5.74, 6) is 2.10. The molecule has 0 fully saturated rings. The fourth-order valence-electron chi connectivity index (χ4n) is 2.65. The molecule has 22 heavy (non-hydrogen) atoms. The van der Waals surface area contributed by atoms with Crippen molar-refractivity contribution in [1.82, 2.24) is 0 Å². The molecule has 1 aromatic heterocycles. The molecule has 6 heteroatoms. The molecule has 0 atom stereocenters. The van der Waals surface area contributed by atoms with Gasteiger partial charge in [0.1, 0.15) is 0 Å². The summed E-state index contributed by atoms with van der Waals surface area (Å²) in [6, 6.07) is 12.6. The Bertz CT molecular complexity index is 616. The Kier molecular flexibility index (Phi) is 5.50. The lowest BCUT2D eigenvalue weighted by molar-refractivity contribution is -2.00. The predicted molar refractivity (Wildman–Crippen MR) is 69.9 cm³/mol. The van der Waals surface area contributed by atoms with Gasteiger partial charge < -0.3 is 0 Å². The number of benzene rings is 1. The van der Waals surface area contributed by atoms with Gasteiger partial charge in [-0.05, 0) is 43.4 Å². The molecule has 0 aliphatic heterocycles. The zero-order valence-electron chi connectivity index (χ0n) is 12.2. The van der Waals surface area contributed by atoms with Crippen molar-refractivity contribution in [2.75, 3.05) is 0 Å². The van der Waals surface area contributed by atoms with E-state index in [0.717, 1.165) is 11.5 Å². The highest BCUT2D eigenvalue weighted by Gasteiger charge is 2.23. The molecule has 0 spiro atoms. The molecule has 1 heterocycles. The van der Waals surface area contributed by atoms with E-state index in [9.17, 15) is 0 Å². The van der Waals surface area contributed by atoms with Crippen LogP contribution >= 0.6 is 0 Å². The predicted octanol–water partition coefficient (Wildman–Crippen LogP) is -0.341. The molecule has 0 radical (unpaired) electrons. The van der Waals surface area contributed by atoms with E-state index in [1.807, 2.05) is 6.07 Å². The Balaban J connectivity index is 0.000000309. The van der Waals surface area contributed by atoms with Crippen molar-refractivity contribution in [1.29, 1.82) is 0 Å². The standard InChI is InChI=1S/C16H17O.ClHO4/c1-12-15-10-6-5-9-14(15)11-16(17-12)13-7-3-2-4-8-13;2-1(3,4)5/h2-4,7-8,11H,5-6,9-10H2,1H3;(H,2,3,4,5)/q+1;/p-1. The van der Waals surface area contributed by atoms with Crippen LogP contribution in [0, 0.1) is 17.2 Å². The summed E-state index contributed by atoms with van der Waals surface area (Å²) in [5.41, 5.74) is 4.10. The smallest absolute Gasteiger partial charge is 0.222 e. The number of hydrogen-bond donors (Lipinski definition) is 0. The second-order valence-corrected chi connectivity index (χ2v) is 5.88. The summed E-state index contributed by atoms with van der Waals surface area (Å²) in [6.07, 6.45) is 4.99. The lowest BCUT2D eigenvalue weighted by atomic mass is 9.91. The van der Waals surface area contributed by atoms with E-state index >= 15 is 0 Å². The lowest BCUT2D eigenvalue weighted by Gasteiger charge is -2.17. The molecule has 0 N–H and O–H groups in total. The topological polar surface area (TPSA) is 104 Å². The molecule has 0 unspecified atom stereocenters. The van der Waals surface area contributed by atoms with E-state index in [-0.39, 0.29) is 0 Å². The van der Waals surface area contributed by atoms with Gasteiger partial charge in [0, 0.05) is 6.07 Å². The third-order valence-electron chi connectivity index (χ3n) is 3.56. The molecular weight excluding hydrogens is 308 g/mol. The molecular formula is C16H17ClO5. The van der Waals surface area contributed by atoms with Crippen molar-refractivity contribution < 1.29 is 33.3 Å². The minimum absolute atomic E-state index is 1.00. The van der Waals surface area contributed by atoms with Gasteiger partial charge in [-0.1, -0.05) is 18.2 Å². The maximum atomic E-state index is 8.49. The van der Waals surface area contributed by atoms with E-state index in [1.165, 1.54) is 42.4 Å². The zero-order chi connectivity index (χ0) is 16.2. The maximum Gasteiger partial charge on any atom is 0.360 e. The van der Waals surface area contributed by atoms with Crippen LogP contribution in [0.1, 0.15) is 29.7 Å². The van der Waals surface area contributed by atoms with Crippen LogP contribution in [0.4, 0.5) is 0 Å². The van der Waals surface area contributed by atoms with Gasteiger partial charge in [-0.25, -0.2) is 23.1 Å². The van der Waals surface area contributed by atoms with Crippen molar-refractivity contribution in [3.63, 3.8) is 0 Å². The van der Waals surface area contributed by atoms with Crippen LogP contribution in [0.15, 0.2) is 40.8 Å². The summed E-state index contributed by atoms with van der Waals surface area (Å²) in [7, 11) is -4.94. The molecule has 1 aliphatic rings. The number of aryl methyl sites for hydroxylation is 2. The third kappa shape index (κ3) is 5.05. The van der Waals surface area contributed by atoms with Gasteiger partial charge in [-0.15, -0.1) is 10.2 Å². The maximum absolute atomic E-state index is 8.49. The number of rotatable bonds is 1. The summed E-state index contributed by atoms with van der Waals surface area (Å²) in [6.45, 7) is 2.09. The van der Waals surface area contributed by atoms with Gasteiger partial charge in [0.15, 0.2) is 0 Å².